The van der Waals surface area contributed by atoms with E-state index in [9.17, 15) is 4.79 Å². The Labute approximate surface area is 142 Å². The predicted molar refractivity (Wildman–Crippen MR) is 95.6 cm³/mol. The van der Waals surface area contributed by atoms with Crippen molar-refractivity contribution in [1.82, 2.24) is 15.5 Å². The van der Waals surface area contributed by atoms with E-state index in [1.807, 2.05) is 0 Å². The van der Waals surface area contributed by atoms with E-state index in [0.717, 1.165) is 39.3 Å². The van der Waals surface area contributed by atoms with E-state index in [-0.39, 0.29) is 6.03 Å². The highest BCUT2D eigenvalue weighted by atomic mass is 16.5. The maximum absolute atomic E-state index is 11.7. The summed E-state index contributed by atoms with van der Waals surface area (Å²) in [5, 5.41) is 5.85. The third kappa shape index (κ3) is 12.3. The van der Waals surface area contributed by atoms with Crippen LogP contribution in [0, 0.1) is 0 Å². The van der Waals surface area contributed by atoms with Crippen molar-refractivity contribution < 1.29 is 9.53 Å². The van der Waals surface area contributed by atoms with Gasteiger partial charge in [-0.25, -0.2) is 4.79 Å². The van der Waals surface area contributed by atoms with Crippen LogP contribution in [-0.2, 0) is 4.74 Å². The Morgan fingerprint density at radius 1 is 0.870 bits per heavy atom. The quantitative estimate of drug-likeness (QED) is 0.509. The van der Waals surface area contributed by atoms with Crippen molar-refractivity contribution in [1.29, 1.82) is 0 Å². The van der Waals surface area contributed by atoms with Gasteiger partial charge in [-0.2, -0.15) is 0 Å². The van der Waals surface area contributed by atoms with Crippen molar-refractivity contribution in [2.45, 2.75) is 71.1 Å². The van der Waals surface area contributed by atoms with Crippen molar-refractivity contribution in [3.63, 3.8) is 0 Å². The van der Waals surface area contributed by atoms with Gasteiger partial charge in [0.15, 0.2) is 0 Å². The van der Waals surface area contributed by atoms with Gasteiger partial charge in [0.25, 0.3) is 0 Å². The monoisotopic (exact) mass is 327 g/mol. The first-order chi connectivity index (χ1) is 11.3. The topological polar surface area (TPSA) is 53.6 Å². The van der Waals surface area contributed by atoms with Crippen LogP contribution in [0.2, 0.25) is 0 Å². The van der Waals surface area contributed by atoms with Crippen LogP contribution in [0.3, 0.4) is 0 Å². The van der Waals surface area contributed by atoms with Gasteiger partial charge in [-0.05, 0) is 6.42 Å². The third-order valence-electron chi connectivity index (χ3n) is 4.38. The zero-order valence-electron chi connectivity index (χ0n) is 15.1. The lowest BCUT2D eigenvalue weighted by atomic mass is 10.1. The molecule has 0 radical (unpaired) electrons. The standard InChI is InChI=1S/C18H37N3O2/c1-2-3-4-5-6-7-8-9-10-11-12-19-18(22)20-17-21-13-15-23-16-14-21/h2-17H2,1H3,(H2,19,20,22). The number of ether oxygens (including phenoxy) is 1. The zero-order chi connectivity index (χ0) is 16.6. The van der Waals surface area contributed by atoms with Crippen LogP contribution in [0.15, 0.2) is 0 Å². The summed E-state index contributed by atoms with van der Waals surface area (Å²) in [6.07, 6.45) is 13.2. The summed E-state index contributed by atoms with van der Waals surface area (Å²) in [7, 11) is 0. The lowest BCUT2D eigenvalue weighted by Crippen LogP contribution is -2.46. The Morgan fingerprint density at radius 3 is 2.04 bits per heavy atom. The van der Waals surface area contributed by atoms with Gasteiger partial charge < -0.3 is 15.4 Å². The molecular formula is C18H37N3O2. The molecule has 0 spiro atoms. The van der Waals surface area contributed by atoms with E-state index in [1.165, 1.54) is 57.8 Å². The molecular weight excluding hydrogens is 290 g/mol. The lowest BCUT2D eigenvalue weighted by Gasteiger charge is -2.26. The number of nitrogens with zero attached hydrogens (tertiary/aromatic N) is 1. The summed E-state index contributed by atoms with van der Waals surface area (Å²) >= 11 is 0. The van der Waals surface area contributed by atoms with Crippen LogP contribution in [0.4, 0.5) is 4.79 Å². The van der Waals surface area contributed by atoms with Crippen LogP contribution >= 0.6 is 0 Å². The van der Waals surface area contributed by atoms with Crippen LogP contribution in [0.1, 0.15) is 71.1 Å². The van der Waals surface area contributed by atoms with Crippen molar-refractivity contribution in [2.75, 3.05) is 39.5 Å². The predicted octanol–water partition coefficient (Wildman–Crippen LogP) is 3.50. The molecule has 1 aliphatic rings. The number of hydrogen-bond donors (Lipinski definition) is 2. The Balaban J connectivity index is 1.78. The molecule has 1 saturated heterocycles. The molecule has 2 N–H and O–H groups in total. The van der Waals surface area contributed by atoms with Gasteiger partial charge in [-0.1, -0.05) is 64.7 Å². The minimum Gasteiger partial charge on any atom is -0.379 e. The second-order valence-corrected chi connectivity index (χ2v) is 6.50. The Kier molecular flexibility index (Phi) is 13.0. The molecule has 0 atom stereocenters. The average molecular weight is 328 g/mol. The van der Waals surface area contributed by atoms with Crippen LogP contribution in [0.25, 0.3) is 0 Å². The number of rotatable bonds is 13. The molecule has 0 bridgehead atoms. The molecule has 1 rings (SSSR count). The Bertz CT molecular complexity index is 281. The second kappa shape index (κ2) is 14.8. The number of urea groups is 1. The SMILES string of the molecule is CCCCCCCCCCCCNC(=O)NCN1CCOCC1. The van der Waals surface area contributed by atoms with E-state index in [4.69, 9.17) is 4.74 Å². The lowest BCUT2D eigenvalue weighted by molar-refractivity contribution is 0.0355. The molecule has 0 saturated carbocycles. The normalized spacial score (nSPS) is 15.5. The van der Waals surface area contributed by atoms with Gasteiger partial charge >= 0.3 is 6.03 Å². The number of carbonyl (C=O) groups is 1. The number of carbonyl (C=O) groups excluding carboxylic acids is 1. The van der Waals surface area contributed by atoms with Gasteiger partial charge in [0.1, 0.15) is 0 Å². The van der Waals surface area contributed by atoms with E-state index in [0.29, 0.717) is 6.67 Å². The first kappa shape index (κ1) is 20.2. The second-order valence-electron chi connectivity index (χ2n) is 6.50. The molecule has 136 valence electrons. The molecule has 1 heterocycles. The number of hydrogen-bond acceptors (Lipinski definition) is 3. The number of morpholine rings is 1. The molecule has 2 amide bonds. The summed E-state index contributed by atoms with van der Waals surface area (Å²) in [4.78, 5) is 13.9. The molecule has 0 aromatic rings. The van der Waals surface area contributed by atoms with Crippen molar-refractivity contribution in [2.24, 2.45) is 0 Å². The molecule has 1 fully saturated rings. The van der Waals surface area contributed by atoms with Gasteiger partial charge in [0.2, 0.25) is 0 Å². The number of amides is 2. The molecule has 0 aliphatic carbocycles. The first-order valence-corrected chi connectivity index (χ1v) is 9.64. The van der Waals surface area contributed by atoms with Crippen LogP contribution in [-0.4, -0.2) is 50.4 Å². The van der Waals surface area contributed by atoms with Crippen LogP contribution < -0.4 is 10.6 Å². The Morgan fingerprint density at radius 2 is 1.43 bits per heavy atom. The highest BCUT2D eigenvalue weighted by molar-refractivity contribution is 5.73. The molecule has 5 heteroatoms. The summed E-state index contributed by atoms with van der Waals surface area (Å²) in [6.45, 7) is 7.00. The Hall–Kier alpha value is -0.810. The largest absolute Gasteiger partial charge is 0.379 e. The maximum atomic E-state index is 11.7. The fraction of sp³-hybridized carbons (Fsp3) is 0.944. The van der Waals surface area contributed by atoms with E-state index in [2.05, 4.69) is 22.5 Å². The van der Waals surface area contributed by atoms with Gasteiger partial charge in [-0.3, -0.25) is 4.90 Å². The smallest absolute Gasteiger partial charge is 0.315 e. The number of unbranched alkanes of at least 4 members (excludes halogenated alkanes) is 9. The van der Waals surface area contributed by atoms with Crippen molar-refractivity contribution in [3.05, 3.63) is 0 Å². The highest BCUT2D eigenvalue weighted by Gasteiger charge is 2.10. The summed E-state index contributed by atoms with van der Waals surface area (Å²) in [5.41, 5.74) is 0. The molecule has 0 unspecified atom stereocenters. The van der Waals surface area contributed by atoms with Crippen LogP contribution in [0.5, 0.6) is 0 Å². The van der Waals surface area contributed by atoms with Crippen molar-refractivity contribution >= 4 is 6.03 Å². The minimum atomic E-state index is -0.0487. The molecule has 23 heavy (non-hydrogen) atoms. The maximum Gasteiger partial charge on any atom is 0.315 e. The highest BCUT2D eigenvalue weighted by Crippen LogP contribution is 2.10. The molecule has 1 aliphatic heterocycles. The summed E-state index contributed by atoms with van der Waals surface area (Å²) in [6, 6.07) is -0.0487. The minimum absolute atomic E-state index is 0.0487. The van der Waals surface area contributed by atoms with Gasteiger partial charge in [0.05, 0.1) is 19.9 Å². The molecule has 0 aromatic carbocycles. The third-order valence-corrected chi connectivity index (χ3v) is 4.38. The van der Waals surface area contributed by atoms with E-state index in [1.54, 1.807) is 0 Å². The zero-order valence-corrected chi connectivity index (χ0v) is 15.1. The van der Waals surface area contributed by atoms with E-state index < -0.39 is 0 Å². The summed E-state index contributed by atoms with van der Waals surface area (Å²) in [5.74, 6) is 0. The summed E-state index contributed by atoms with van der Waals surface area (Å²) < 4.78 is 5.28. The fourth-order valence-electron chi connectivity index (χ4n) is 2.82. The number of nitrogens with one attached hydrogen (secondary N) is 2. The van der Waals surface area contributed by atoms with Gasteiger partial charge in [0, 0.05) is 19.6 Å². The molecule has 5 nitrogen and oxygen atoms in total. The average Bonchev–Trinajstić information content (AvgIpc) is 2.59. The molecule has 0 aromatic heterocycles. The fourth-order valence-corrected chi connectivity index (χ4v) is 2.82. The first-order valence-electron chi connectivity index (χ1n) is 9.64. The van der Waals surface area contributed by atoms with Crippen molar-refractivity contribution in [3.8, 4) is 0 Å². The van der Waals surface area contributed by atoms with Gasteiger partial charge in [-0.15, -0.1) is 0 Å². The van der Waals surface area contributed by atoms with E-state index >= 15 is 0 Å².